The minimum atomic E-state index is -0.440. The van der Waals surface area contributed by atoms with Gasteiger partial charge in [0.05, 0.1) is 5.60 Å². The lowest BCUT2D eigenvalue weighted by atomic mass is 9.98. The predicted molar refractivity (Wildman–Crippen MR) is 104 cm³/mol. The fourth-order valence-corrected chi connectivity index (χ4v) is 2.41. The van der Waals surface area contributed by atoms with Crippen LogP contribution in [0.5, 0.6) is 0 Å². The number of carbonyl (C=O) groups is 2. The van der Waals surface area contributed by atoms with E-state index in [1.165, 1.54) is 0 Å². The zero-order valence-electron chi connectivity index (χ0n) is 17.7. The Kier molecular flexibility index (Phi) is 14.0. The number of ether oxygens (including phenoxy) is 1. The van der Waals surface area contributed by atoms with E-state index >= 15 is 0 Å². The quantitative estimate of drug-likeness (QED) is 0.554. The molecule has 0 bridgehead atoms. The summed E-state index contributed by atoms with van der Waals surface area (Å²) < 4.78 is 5.86. The summed E-state index contributed by atoms with van der Waals surface area (Å²) in [6.07, 6.45) is 4.31. The second kappa shape index (κ2) is 13.3. The molecular weight excluding hydrogens is 318 g/mol. The van der Waals surface area contributed by atoms with Crippen molar-refractivity contribution in [1.82, 2.24) is 5.32 Å². The van der Waals surface area contributed by atoms with E-state index in [4.69, 9.17) is 9.84 Å². The van der Waals surface area contributed by atoms with Crippen molar-refractivity contribution < 1.29 is 19.4 Å². The van der Waals surface area contributed by atoms with Gasteiger partial charge in [0.2, 0.25) is 5.91 Å². The van der Waals surface area contributed by atoms with Gasteiger partial charge in [-0.2, -0.15) is 0 Å². The molecule has 0 rings (SSSR count). The van der Waals surface area contributed by atoms with E-state index in [2.05, 4.69) is 19.2 Å². The standard InChI is InChI=1S/C19H37NO3.CH4O/c1-8-16(21)14-19(6,7)23-13-12-18(4,5)20-17(22)11-9-10-15(2)3;1-2/h15H,8-14H2,1-7H3,(H,20,22);2H,1H3. The summed E-state index contributed by atoms with van der Waals surface area (Å²) in [5.41, 5.74) is -0.732. The number of rotatable bonds is 12. The molecule has 0 radical (unpaired) electrons. The van der Waals surface area contributed by atoms with E-state index in [1.54, 1.807) is 0 Å². The van der Waals surface area contributed by atoms with Gasteiger partial charge < -0.3 is 15.2 Å². The van der Waals surface area contributed by atoms with Gasteiger partial charge in [0.15, 0.2) is 0 Å². The Morgan fingerprint density at radius 3 is 2.16 bits per heavy atom. The van der Waals surface area contributed by atoms with Gasteiger partial charge in [-0.15, -0.1) is 0 Å². The Hall–Kier alpha value is -0.940. The van der Waals surface area contributed by atoms with Gasteiger partial charge in [0, 0.05) is 38.5 Å². The predicted octanol–water partition coefficient (Wildman–Crippen LogP) is 3.87. The molecule has 0 aromatic heterocycles. The van der Waals surface area contributed by atoms with E-state index in [9.17, 15) is 9.59 Å². The van der Waals surface area contributed by atoms with Crippen LogP contribution in [0.4, 0.5) is 0 Å². The van der Waals surface area contributed by atoms with Gasteiger partial charge >= 0.3 is 0 Å². The first kappa shape index (κ1) is 26.3. The zero-order valence-corrected chi connectivity index (χ0v) is 17.7. The maximum Gasteiger partial charge on any atom is 0.220 e. The number of hydrogen-bond acceptors (Lipinski definition) is 4. The van der Waals surface area contributed by atoms with Crippen molar-refractivity contribution in [2.45, 2.75) is 98.1 Å². The van der Waals surface area contributed by atoms with E-state index in [-0.39, 0.29) is 17.2 Å². The number of amides is 1. The molecule has 0 saturated carbocycles. The van der Waals surface area contributed by atoms with E-state index in [1.807, 2.05) is 34.6 Å². The first-order chi connectivity index (χ1) is 11.5. The molecule has 5 nitrogen and oxygen atoms in total. The van der Waals surface area contributed by atoms with Crippen molar-refractivity contribution in [3.05, 3.63) is 0 Å². The van der Waals surface area contributed by atoms with Crippen molar-refractivity contribution >= 4 is 11.7 Å². The first-order valence-electron chi connectivity index (χ1n) is 9.39. The Balaban J connectivity index is 0. The van der Waals surface area contributed by atoms with Crippen molar-refractivity contribution in [2.75, 3.05) is 13.7 Å². The highest BCUT2D eigenvalue weighted by molar-refractivity contribution is 5.79. The third-order valence-corrected chi connectivity index (χ3v) is 3.90. The lowest BCUT2D eigenvalue weighted by molar-refractivity contribution is -0.125. The summed E-state index contributed by atoms with van der Waals surface area (Å²) >= 11 is 0. The van der Waals surface area contributed by atoms with Crippen molar-refractivity contribution in [1.29, 1.82) is 0 Å². The third-order valence-electron chi connectivity index (χ3n) is 3.90. The van der Waals surface area contributed by atoms with Gasteiger partial charge in [0.25, 0.3) is 0 Å². The highest BCUT2D eigenvalue weighted by Gasteiger charge is 2.25. The molecule has 0 saturated heterocycles. The fourth-order valence-electron chi connectivity index (χ4n) is 2.41. The van der Waals surface area contributed by atoms with Crippen LogP contribution in [-0.4, -0.2) is 41.7 Å². The highest BCUT2D eigenvalue weighted by atomic mass is 16.5. The molecule has 2 N–H and O–H groups in total. The number of aliphatic hydroxyl groups is 1. The van der Waals surface area contributed by atoms with Crippen molar-refractivity contribution in [2.24, 2.45) is 5.92 Å². The summed E-state index contributed by atoms with van der Waals surface area (Å²) in [6.45, 7) is 14.7. The molecule has 0 aromatic carbocycles. The minimum absolute atomic E-state index is 0.107. The van der Waals surface area contributed by atoms with Crippen LogP contribution in [0.2, 0.25) is 0 Å². The molecule has 5 heteroatoms. The Labute approximate surface area is 154 Å². The van der Waals surface area contributed by atoms with Crippen LogP contribution in [0.25, 0.3) is 0 Å². The number of ketones is 1. The molecular formula is C20H41NO4. The fraction of sp³-hybridized carbons (Fsp3) is 0.900. The van der Waals surface area contributed by atoms with E-state index in [0.29, 0.717) is 31.8 Å². The molecule has 0 aliphatic rings. The summed E-state index contributed by atoms with van der Waals surface area (Å²) in [7, 11) is 1.00. The molecule has 0 aliphatic heterocycles. The lowest BCUT2D eigenvalue weighted by Gasteiger charge is -2.30. The van der Waals surface area contributed by atoms with Gasteiger partial charge in [-0.25, -0.2) is 0 Å². The molecule has 0 spiro atoms. The van der Waals surface area contributed by atoms with Crippen LogP contribution in [0, 0.1) is 5.92 Å². The summed E-state index contributed by atoms with van der Waals surface area (Å²) in [5, 5.41) is 10.1. The first-order valence-corrected chi connectivity index (χ1v) is 9.39. The molecule has 0 unspecified atom stereocenters. The van der Waals surface area contributed by atoms with Crippen LogP contribution >= 0.6 is 0 Å². The Morgan fingerprint density at radius 2 is 1.68 bits per heavy atom. The van der Waals surface area contributed by atoms with Gasteiger partial charge in [0.1, 0.15) is 5.78 Å². The molecule has 0 fully saturated rings. The normalized spacial score (nSPS) is 11.8. The monoisotopic (exact) mass is 359 g/mol. The second-order valence-corrected chi connectivity index (χ2v) is 8.15. The number of carbonyl (C=O) groups excluding carboxylic acids is 2. The van der Waals surface area contributed by atoms with Crippen molar-refractivity contribution in [3.63, 3.8) is 0 Å². The average Bonchev–Trinajstić information content (AvgIpc) is 2.47. The zero-order chi connectivity index (χ0) is 20.1. The van der Waals surface area contributed by atoms with E-state index < -0.39 is 5.60 Å². The molecule has 0 atom stereocenters. The smallest absolute Gasteiger partial charge is 0.220 e. The number of aliphatic hydroxyl groups excluding tert-OH is 1. The highest BCUT2D eigenvalue weighted by Crippen LogP contribution is 2.18. The molecule has 25 heavy (non-hydrogen) atoms. The lowest BCUT2D eigenvalue weighted by Crippen LogP contribution is -2.44. The van der Waals surface area contributed by atoms with Crippen LogP contribution < -0.4 is 5.32 Å². The maximum absolute atomic E-state index is 12.0. The van der Waals surface area contributed by atoms with Gasteiger partial charge in [-0.1, -0.05) is 27.2 Å². The maximum atomic E-state index is 12.0. The Bertz CT molecular complexity index is 376. The molecule has 150 valence electrons. The van der Waals surface area contributed by atoms with Crippen LogP contribution in [0.3, 0.4) is 0 Å². The van der Waals surface area contributed by atoms with Crippen molar-refractivity contribution in [3.8, 4) is 0 Å². The average molecular weight is 360 g/mol. The SMILES string of the molecule is CCC(=O)CC(C)(C)OCCC(C)(C)NC(=O)CCCC(C)C.CO. The molecule has 0 aliphatic carbocycles. The Morgan fingerprint density at radius 1 is 1.12 bits per heavy atom. The summed E-state index contributed by atoms with van der Waals surface area (Å²) in [5.74, 6) is 0.959. The minimum Gasteiger partial charge on any atom is -0.400 e. The largest absolute Gasteiger partial charge is 0.400 e. The topological polar surface area (TPSA) is 75.6 Å². The molecule has 0 aromatic rings. The molecule has 1 amide bonds. The van der Waals surface area contributed by atoms with E-state index in [0.717, 1.165) is 26.4 Å². The van der Waals surface area contributed by atoms with Gasteiger partial charge in [-0.05, 0) is 46.5 Å². The van der Waals surface area contributed by atoms with Gasteiger partial charge in [-0.3, -0.25) is 9.59 Å². The molecule has 0 heterocycles. The summed E-state index contributed by atoms with van der Waals surface area (Å²) in [6, 6.07) is 0. The number of Topliss-reactive ketones (excluding diaryl/α,β-unsaturated/α-hetero) is 1. The number of hydrogen-bond donors (Lipinski definition) is 2. The third kappa shape index (κ3) is 16.3. The van der Waals surface area contributed by atoms with Crippen LogP contribution in [0.1, 0.15) is 87.0 Å². The second-order valence-electron chi connectivity index (χ2n) is 8.15. The van der Waals surface area contributed by atoms with Crippen LogP contribution in [-0.2, 0) is 14.3 Å². The van der Waals surface area contributed by atoms with Crippen LogP contribution in [0.15, 0.2) is 0 Å². The summed E-state index contributed by atoms with van der Waals surface area (Å²) in [4.78, 5) is 23.5. The number of nitrogens with one attached hydrogen (secondary N) is 1.